The van der Waals surface area contributed by atoms with Crippen molar-refractivity contribution >= 4 is 35.5 Å². The number of nitrogens with two attached hydrogens (primary N) is 1. The van der Waals surface area contributed by atoms with Gasteiger partial charge in [-0.3, -0.25) is 24.0 Å². The predicted molar refractivity (Wildman–Crippen MR) is 211 cm³/mol. The fourth-order valence-corrected chi connectivity index (χ4v) is 6.53. The number of likely N-dealkylation sites (N-methyl/N-ethyl adjacent to an activating group) is 3. The summed E-state index contributed by atoms with van der Waals surface area (Å²) >= 11 is 0. The number of hydrogen-bond donors (Lipinski definition) is 5. The van der Waals surface area contributed by atoms with E-state index in [2.05, 4.69) is 10.6 Å². The highest BCUT2D eigenvalue weighted by molar-refractivity contribution is 5.96. The third-order valence-corrected chi connectivity index (χ3v) is 10.1. The van der Waals surface area contributed by atoms with Crippen LogP contribution < -0.4 is 30.6 Å². The third kappa shape index (κ3) is 10.4. The van der Waals surface area contributed by atoms with Crippen LogP contribution in [0.25, 0.3) is 0 Å². The van der Waals surface area contributed by atoms with Gasteiger partial charge in [0, 0.05) is 34.0 Å². The number of methoxy groups -OCH3 is 2. The van der Waals surface area contributed by atoms with Crippen LogP contribution in [-0.4, -0.2) is 132 Å². The van der Waals surface area contributed by atoms with Gasteiger partial charge in [-0.15, -0.1) is 0 Å². The second kappa shape index (κ2) is 19.3. The summed E-state index contributed by atoms with van der Waals surface area (Å²) in [6.07, 6.45) is -1.82. The lowest BCUT2D eigenvalue weighted by molar-refractivity contribution is -0.156. The number of carboxylic acids is 1. The Hall–Kier alpha value is -6.20. The molecule has 312 valence electrons. The number of amides is 5. The molecule has 6 N–H and O–H groups in total. The summed E-state index contributed by atoms with van der Waals surface area (Å²) in [7, 11) is 6.90. The summed E-state index contributed by atoms with van der Waals surface area (Å²) in [5.41, 5.74) is 7.03. The van der Waals surface area contributed by atoms with Gasteiger partial charge in [0.05, 0.1) is 20.3 Å². The zero-order valence-corrected chi connectivity index (χ0v) is 33.8. The number of hydrogen-bond acceptors (Lipinski definition) is 11. The number of carbonyl (C=O) groups excluding carboxylic acids is 5. The Morgan fingerprint density at radius 3 is 2.07 bits per heavy atom. The van der Waals surface area contributed by atoms with Gasteiger partial charge in [-0.2, -0.15) is 0 Å². The minimum absolute atomic E-state index is 0.000625. The number of aliphatic hydroxyl groups is 1. The first-order chi connectivity index (χ1) is 27.4. The van der Waals surface area contributed by atoms with E-state index in [9.17, 15) is 39.0 Å². The number of benzene rings is 3. The summed E-state index contributed by atoms with van der Waals surface area (Å²) in [4.78, 5) is 84.1. The molecular formula is C41H52N6O11. The fourth-order valence-electron chi connectivity index (χ4n) is 6.53. The Labute approximate surface area is 337 Å². The number of aliphatic carboxylic acids is 1. The van der Waals surface area contributed by atoms with Crippen LogP contribution in [-0.2, 0) is 41.6 Å². The maximum atomic E-state index is 14.4. The van der Waals surface area contributed by atoms with Gasteiger partial charge >= 0.3 is 5.97 Å². The molecule has 0 saturated heterocycles. The van der Waals surface area contributed by atoms with E-state index in [1.807, 2.05) is 0 Å². The van der Waals surface area contributed by atoms with Crippen LogP contribution in [0.2, 0.25) is 0 Å². The molecule has 0 spiro atoms. The van der Waals surface area contributed by atoms with Crippen LogP contribution in [0.1, 0.15) is 43.6 Å². The molecule has 17 heteroatoms. The molecule has 5 amide bonds. The molecule has 2 aliphatic rings. The molecule has 0 unspecified atom stereocenters. The fraction of sp³-hybridized carbons (Fsp3) is 0.415. The van der Waals surface area contributed by atoms with E-state index in [1.54, 1.807) is 54.6 Å². The second-order valence-corrected chi connectivity index (χ2v) is 14.3. The van der Waals surface area contributed by atoms with E-state index in [1.165, 1.54) is 68.3 Å². The lowest BCUT2D eigenvalue weighted by atomic mass is 9.97. The largest absolute Gasteiger partial charge is 0.497 e. The highest BCUT2D eigenvalue weighted by Gasteiger charge is 2.42. The molecule has 0 fully saturated rings. The van der Waals surface area contributed by atoms with E-state index < -0.39 is 77.9 Å². The van der Waals surface area contributed by atoms with Crippen molar-refractivity contribution in [1.82, 2.24) is 25.3 Å². The quantitative estimate of drug-likeness (QED) is 0.165. The lowest BCUT2D eigenvalue weighted by Gasteiger charge is -2.37. The molecule has 0 saturated carbocycles. The molecule has 17 nitrogen and oxygen atoms in total. The van der Waals surface area contributed by atoms with Crippen molar-refractivity contribution in [3.8, 4) is 23.0 Å². The monoisotopic (exact) mass is 804 g/mol. The highest BCUT2D eigenvalue weighted by Crippen LogP contribution is 2.35. The van der Waals surface area contributed by atoms with Gasteiger partial charge in [0.25, 0.3) is 0 Å². The molecule has 0 aromatic heterocycles. The van der Waals surface area contributed by atoms with Gasteiger partial charge in [0.1, 0.15) is 47.8 Å². The zero-order valence-electron chi connectivity index (χ0n) is 33.8. The number of nitrogens with one attached hydrogen (secondary N) is 2. The lowest BCUT2D eigenvalue weighted by Crippen LogP contribution is -2.60. The van der Waals surface area contributed by atoms with Crippen LogP contribution >= 0.6 is 0 Å². The third-order valence-electron chi connectivity index (χ3n) is 10.1. The van der Waals surface area contributed by atoms with Gasteiger partial charge < -0.3 is 55.5 Å². The van der Waals surface area contributed by atoms with Gasteiger partial charge in [-0.1, -0.05) is 30.3 Å². The van der Waals surface area contributed by atoms with Crippen LogP contribution in [0.15, 0.2) is 66.7 Å². The molecular weight excluding hydrogens is 752 g/mol. The SMILES string of the molecule is COc1ccc(C[C@@H](C(=O)N[C@@H](C)C(=O)N(C)[C@H]2C(=O)N(C)[C@@H](C(=O)O)Cc3ccc(OC)c(c3)Oc3ccc(cc3)[C@H]2O)N(C)C(=O)[C@H](C)NC(=O)[C@@H](C)N)cc1. The summed E-state index contributed by atoms with van der Waals surface area (Å²) in [6.45, 7) is 4.30. The average molecular weight is 805 g/mol. The summed E-state index contributed by atoms with van der Waals surface area (Å²) in [5, 5.41) is 27.2. The number of carbonyl (C=O) groups is 6. The van der Waals surface area contributed by atoms with Gasteiger partial charge in [-0.05, 0) is 73.9 Å². The van der Waals surface area contributed by atoms with E-state index in [4.69, 9.17) is 19.9 Å². The number of rotatable bonds is 13. The van der Waals surface area contributed by atoms with Crippen LogP contribution in [0.4, 0.5) is 0 Å². The number of ether oxygens (including phenoxy) is 3. The summed E-state index contributed by atoms with van der Waals surface area (Å²) in [6, 6.07) is 10.3. The maximum absolute atomic E-state index is 14.4. The predicted octanol–water partition coefficient (Wildman–Crippen LogP) is 1.25. The molecule has 3 aromatic carbocycles. The average Bonchev–Trinajstić information content (AvgIpc) is 3.20. The van der Waals surface area contributed by atoms with E-state index in [0.717, 1.165) is 14.7 Å². The zero-order chi connectivity index (χ0) is 43.0. The van der Waals surface area contributed by atoms with Crippen LogP contribution in [0.3, 0.4) is 0 Å². The molecule has 58 heavy (non-hydrogen) atoms. The Morgan fingerprint density at radius 2 is 1.50 bits per heavy atom. The molecule has 0 radical (unpaired) electrons. The smallest absolute Gasteiger partial charge is 0.326 e. The van der Waals surface area contributed by atoms with Gasteiger partial charge in [0.15, 0.2) is 11.5 Å². The molecule has 5 rings (SSSR count). The standard InChI is InChI=1S/C41H52N6O11/c1-22(42)36(49)43-23(2)38(51)45(4)30(19-25-9-14-28(56-7)15-10-25)37(50)44-24(3)39(52)47(6)34-35(48)27-12-16-29(17-13-27)58-33-21-26(11-18-32(33)57-8)20-31(41(54)55)46(5)40(34)53/h9-18,21-24,30-31,34-35,48H,19-20,42H2,1-8H3,(H,43,49)(H,44,50)(H,54,55)/t22-,23+,24+,30+,31-,34-,35-/m1/s1. The van der Waals surface area contributed by atoms with Crippen molar-refractivity contribution in [2.24, 2.45) is 5.73 Å². The minimum Gasteiger partial charge on any atom is -0.497 e. The molecule has 2 heterocycles. The molecule has 4 bridgehead atoms. The minimum atomic E-state index is -1.66. The molecule has 0 aliphatic carbocycles. The Bertz CT molecular complexity index is 1970. The number of aliphatic hydroxyl groups excluding tert-OH is 1. The molecule has 3 aromatic rings. The first-order valence-corrected chi connectivity index (χ1v) is 18.5. The molecule has 2 aliphatic heterocycles. The van der Waals surface area contributed by atoms with Crippen molar-refractivity contribution in [3.63, 3.8) is 0 Å². The van der Waals surface area contributed by atoms with Crippen molar-refractivity contribution < 1.29 is 53.2 Å². The van der Waals surface area contributed by atoms with Crippen LogP contribution in [0.5, 0.6) is 23.0 Å². The maximum Gasteiger partial charge on any atom is 0.326 e. The number of carboxylic acid groups (broad SMARTS) is 1. The van der Waals surface area contributed by atoms with E-state index >= 15 is 0 Å². The topological polar surface area (TPSA) is 230 Å². The Kier molecular flexibility index (Phi) is 14.8. The van der Waals surface area contributed by atoms with E-state index in [-0.39, 0.29) is 18.4 Å². The summed E-state index contributed by atoms with van der Waals surface area (Å²) < 4.78 is 16.7. The van der Waals surface area contributed by atoms with Crippen molar-refractivity contribution in [1.29, 1.82) is 0 Å². The van der Waals surface area contributed by atoms with Crippen molar-refractivity contribution in [2.75, 3.05) is 35.4 Å². The molecule has 7 atom stereocenters. The number of nitrogens with zero attached hydrogens (tertiary/aromatic N) is 3. The Morgan fingerprint density at radius 1 is 0.897 bits per heavy atom. The van der Waals surface area contributed by atoms with Gasteiger partial charge in [0.2, 0.25) is 29.5 Å². The van der Waals surface area contributed by atoms with Crippen molar-refractivity contribution in [3.05, 3.63) is 83.4 Å². The summed E-state index contributed by atoms with van der Waals surface area (Å²) in [5.74, 6) is -3.30. The van der Waals surface area contributed by atoms with Gasteiger partial charge in [-0.25, -0.2) is 4.79 Å². The van der Waals surface area contributed by atoms with Crippen molar-refractivity contribution in [2.45, 2.75) is 76.0 Å². The first kappa shape index (κ1) is 44.5. The normalized spacial score (nSPS) is 18.6. The first-order valence-electron chi connectivity index (χ1n) is 18.5. The highest BCUT2D eigenvalue weighted by atomic mass is 16.5. The van der Waals surface area contributed by atoms with E-state index in [0.29, 0.717) is 34.1 Å². The van der Waals surface area contributed by atoms with Crippen LogP contribution in [0, 0.1) is 0 Å². The number of fused-ring (bicyclic) bond motifs is 7. The second-order valence-electron chi connectivity index (χ2n) is 14.3. The Balaban J connectivity index is 1.65.